The fraction of sp³-hybridized carbons (Fsp3) is 0.500. The number of aliphatic imine (C=N–C) groups is 1. The molecule has 0 amide bonds. The predicted molar refractivity (Wildman–Crippen MR) is 60.8 cm³/mol. The highest BCUT2D eigenvalue weighted by Gasteiger charge is 2.11. The van der Waals surface area contributed by atoms with Gasteiger partial charge in [0.05, 0.1) is 13.1 Å². The number of rotatable bonds is 2. The Kier molecular flexibility index (Phi) is 2.72. The summed E-state index contributed by atoms with van der Waals surface area (Å²) >= 11 is 1.80. The average Bonchev–Trinajstić information content (AvgIpc) is 2.72. The van der Waals surface area contributed by atoms with Crippen LogP contribution < -0.4 is 5.32 Å². The number of hydrogen-bond donors (Lipinski definition) is 1. The molecule has 0 spiro atoms. The van der Waals surface area contributed by atoms with Crippen LogP contribution in [0.4, 0.5) is 0 Å². The van der Waals surface area contributed by atoms with E-state index in [0.717, 1.165) is 25.6 Å². The molecule has 1 aliphatic heterocycles. The summed E-state index contributed by atoms with van der Waals surface area (Å²) in [4.78, 5) is 7.89. The van der Waals surface area contributed by atoms with Crippen molar-refractivity contribution in [2.45, 2.75) is 13.5 Å². The molecular formula is C10H15N3S. The van der Waals surface area contributed by atoms with Crippen molar-refractivity contribution in [3.8, 4) is 0 Å². The topological polar surface area (TPSA) is 27.6 Å². The number of nitrogens with one attached hydrogen (secondary N) is 1. The maximum Gasteiger partial charge on any atom is 0.194 e. The molecule has 14 heavy (non-hydrogen) atoms. The quantitative estimate of drug-likeness (QED) is 0.798. The standard InChI is InChI=1S/C10H15N3S/c1-8-5-9(14-7-8)6-12-10-11-3-4-13(10)2/h5,7H,3-4,6H2,1-2H3,(H,11,12). The third kappa shape index (κ3) is 2.07. The summed E-state index contributed by atoms with van der Waals surface area (Å²) in [6.45, 7) is 4.97. The zero-order valence-electron chi connectivity index (χ0n) is 8.58. The van der Waals surface area contributed by atoms with E-state index in [0.29, 0.717) is 0 Å². The summed E-state index contributed by atoms with van der Waals surface area (Å²) in [6.07, 6.45) is 0. The van der Waals surface area contributed by atoms with Gasteiger partial charge in [-0.05, 0) is 23.9 Å². The molecule has 1 aliphatic rings. The van der Waals surface area contributed by atoms with Gasteiger partial charge in [-0.3, -0.25) is 4.99 Å². The van der Waals surface area contributed by atoms with Gasteiger partial charge in [-0.25, -0.2) is 0 Å². The van der Waals surface area contributed by atoms with Gasteiger partial charge in [0.25, 0.3) is 0 Å². The largest absolute Gasteiger partial charge is 0.351 e. The summed E-state index contributed by atoms with van der Waals surface area (Å²) < 4.78 is 0. The molecule has 0 aromatic carbocycles. The van der Waals surface area contributed by atoms with E-state index in [4.69, 9.17) is 0 Å². The fourth-order valence-corrected chi connectivity index (χ4v) is 2.29. The van der Waals surface area contributed by atoms with Gasteiger partial charge < -0.3 is 10.2 Å². The number of thiophene rings is 1. The molecule has 76 valence electrons. The third-order valence-electron chi connectivity index (χ3n) is 2.26. The molecule has 3 nitrogen and oxygen atoms in total. The smallest absolute Gasteiger partial charge is 0.194 e. The van der Waals surface area contributed by atoms with Crippen LogP contribution in [0.2, 0.25) is 0 Å². The lowest BCUT2D eigenvalue weighted by atomic mass is 10.3. The first-order valence-electron chi connectivity index (χ1n) is 4.79. The van der Waals surface area contributed by atoms with E-state index >= 15 is 0 Å². The van der Waals surface area contributed by atoms with Crippen molar-refractivity contribution in [3.63, 3.8) is 0 Å². The van der Waals surface area contributed by atoms with Gasteiger partial charge in [0.2, 0.25) is 0 Å². The molecule has 0 atom stereocenters. The van der Waals surface area contributed by atoms with Gasteiger partial charge in [0.15, 0.2) is 5.96 Å². The molecule has 0 saturated heterocycles. The van der Waals surface area contributed by atoms with Gasteiger partial charge in [0, 0.05) is 18.5 Å². The molecular weight excluding hydrogens is 194 g/mol. The number of hydrogen-bond acceptors (Lipinski definition) is 4. The Bertz CT molecular complexity index is 343. The molecule has 1 aromatic heterocycles. The molecule has 0 bridgehead atoms. The van der Waals surface area contributed by atoms with Crippen LogP contribution in [-0.4, -0.2) is 31.0 Å². The van der Waals surface area contributed by atoms with Crippen molar-refractivity contribution in [1.29, 1.82) is 0 Å². The van der Waals surface area contributed by atoms with E-state index in [1.165, 1.54) is 10.4 Å². The van der Waals surface area contributed by atoms with Crippen molar-refractivity contribution in [2.24, 2.45) is 4.99 Å². The highest BCUT2D eigenvalue weighted by molar-refractivity contribution is 7.10. The maximum atomic E-state index is 4.37. The van der Waals surface area contributed by atoms with Gasteiger partial charge in [-0.2, -0.15) is 0 Å². The summed E-state index contributed by atoms with van der Waals surface area (Å²) in [5.74, 6) is 1.02. The summed E-state index contributed by atoms with van der Waals surface area (Å²) in [5.41, 5.74) is 1.34. The summed E-state index contributed by atoms with van der Waals surface area (Å²) in [5, 5.41) is 5.53. The average molecular weight is 209 g/mol. The monoisotopic (exact) mass is 209 g/mol. The minimum Gasteiger partial charge on any atom is -0.351 e. The van der Waals surface area contributed by atoms with Gasteiger partial charge in [-0.15, -0.1) is 11.3 Å². The Labute approximate surface area is 88.5 Å². The zero-order chi connectivity index (χ0) is 9.97. The minimum atomic E-state index is 0.891. The van der Waals surface area contributed by atoms with Crippen molar-refractivity contribution in [1.82, 2.24) is 10.2 Å². The molecule has 0 saturated carbocycles. The lowest BCUT2D eigenvalue weighted by molar-refractivity contribution is 0.534. The third-order valence-corrected chi connectivity index (χ3v) is 3.32. The van der Waals surface area contributed by atoms with E-state index in [1.54, 1.807) is 11.3 Å². The zero-order valence-corrected chi connectivity index (χ0v) is 9.40. The van der Waals surface area contributed by atoms with Crippen LogP contribution in [0.5, 0.6) is 0 Å². The first-order chi connectivity index (χ1) is 6.75. The molecule has 0 unspecified atom stereocenters. The summed E-state index contributed by atoms with van der Waals surface area (Å²) in [7, 11) is 2.07. The van der Waals surface area contributed by atoms with E-state index in [2.05, 4.69) is 40.6 Å². The van der Waals surface area contributed by atoms with Gasteiger partial charge in [-0.1, -0.05) is 0 Å². The van der Waals surface area contributed by atoms with Gasteiger partial charge >= 0.3 is 0 Å². The minimum absolute atomic E-state index is 0.891. The van der Waals surface area contributed by atoms with Crippen molar-refractivity contribution < 1.29 is 0 Å². The number of guanidine groups is 1. The Hall–Kier alpha value is -1.03. The molecule has 0 aliphatic carbocycles. The fourth-order valence-electron chi connectivity index (χ4n) is 1.47. The maximum absolute atomic E-state index is 4.37. The van der Waals surface area contributed by atoms with Crippen LogP contribution in [0.3, 0.4) is 0 Å². The second-order valence-corrected chi connectivity index (χ2v) is 4.57. The summed E-state index contributed by atoms with van der Waals surface area (Å²) in [6, 6.07) is 2.22. The second kappa shape index (κ2) is 4.00. The van der Waals surface area contributed by atoms with E-state index < -0.39 is 0 Å². The predicted octanol–water partition coefficient (Wildman–Crippen LogP) is 1.45. The molecule has 2 rings (SSSR count). The molecule has 0 radical (unpaired) electrons. The lowest BCUT2D eigenvalue weighted by Crippen LogP contribution is -2.34. The Morgan fingerprint density at radius 2 is 2.50 bits per heavy atom. The van der Waals surface area contributed by atoms with Crippen molar-refractivity contribution >= 4 is 17.3 Å². The Morgan fingerprint density at radius 1 is 1.64 bits per heavy atom. The number of likely N-dealkylation sites (N-methyl/N-ethyl adjacent to an activating group) is 1. The van der Waals surface area contributed by atoms with E-state index in [1.807, 2.05) is 0 Å². The molecule has 2 heterocycles. The van der Waals surface area contributed by atoms with Crippen LogP contribution in [-0.2, 0) is 6.54 Å². The van der Waals surface area contributed by atoms with Gasteiger partial charge in [0.1, 0.15) is 0 Å². The SMILES string of the molecule is Cc1csc(CNC2=NCCN2C)c1. The van der Waals surface area contributed by atoms with E-state index in [-0.39, 0.29) is 0 Å². The normalized spacial score (nSPS) is 15.9. The van der Waals surface area contributed by atoms with Crippen LogP contribution in [0.1, 0.15) is 10.4 Å². The molecule has 4 heteroatoms. The highest BCUT2D eigenvalue weighted by Crippen LogP contribution is 2.13. The Morgan fingerprint density at radius 3 is 3.07 bits per heavy atom. The van der Waals surface area contributed by atoms with Crippen LogP contribution in [0, 0.1) is 6.92 Å². The second-order valence-electron chi connectivity index (χ2n) is 3.57. The molecule has 1 N–H and O–H groups in total. The lowest BCUT2D eigenvalue weighted by Gasteiger charge is -2.14. The first-order valence-corrected chi connectivity index (χ1v) is 5.67. The van der Waals surface area contributed by atoms with Crippen molar-refractivity contribution in [3.05, 3.63) is 21.9 Å². The Balaban J connectivity index is 1.88. The van der Waals surface area contributed by atoms with Crippen molar-refractivity contribution in [2.75, 3.05) is 20.1 Å². The molecule has 0 fully saturated rings. The van der Waals surface area contributed by atoms with E-state index in [9.17, 15) is 0 Å². The number of nitrogens with zero attached hydrogens (tertiary/aromatic N) is 2. The number of aryl methyl sites for hydroxylation is 1. The first kappa shape index (κ1) is 9.52. The molecule has 1 aromatic rings. The van der Waals surface area contributed by atoms with Crippen LogP contribution in [0.25, 0.3) is 0 Å². The van der Waals surface area contributed by atoms with Crippen LogP contribution in [0.15, 0.2) is 16.4 Å². The highest BCUT2D eigenvalue weighted by atomic mass is 32.1. The van der Waals surface area contributed by atoms with Crippen LogP contribution >= 0.6 is 11.3 Å².